The first kappa shape index (κ1) is 14.2. The van der Waals surface area contributed by atoms with Crippen molar-refractivity contribution in [1.29, 1.82) is 0 Å². The first-order chi connectivity index (χ1) is 9.15. The van der Waals surface area contributed by atoms with Gasteiger partial charge in [-0.1, -0.05) is 13.8 Å². The average molecular weight is 279 g/mol. The topological polar surface area (TPSA) is 44.4 Å². The molecule has 2 N–H and O–H groups in total. The van der Waals surface area contributed by atoms with E-state index >= 15 is 0 Å². The van der Waals surface area contributed by atoms with Gasteiger partial charge in [0.05, 0.1) is 0 Å². The lowest BCUT2D eigenvalue weighted by atomic mass is 10.3. The molecule has 5 heteroatoms. The van der Waals surface area contributed by atoms with Crippen molar-refractivity contribution in [3.8, 4) is 0 Å². The van der Waals surface area contributed by atoms with Crippen LogP contribution in [0.5, 0.6) is 0 Å². The van der Waals surface area contributed by atoms with Gasteiger partial charge in [0.1, 0.15) is 0 Å². The molecule has 1 saturated heterocycles. The molecule has 4 nitrogen and oxygen atoms in total. The SMILES string of the molecule is CC(C)Sc1ccc(NC(=O)N2CCNCC2)cc1. The molecular weight excluding hydrogens is 258 g/mol. The molecule has 104 valence electrons. The van der Waals surface area contributed by atoms with Crippen molar-refractivity contribution in [2.75, 3.05) is 31.5 Å². The number of rotatable bonds is 3. The minimum Gasteiger partial charge on any atom is -0.322 e. The number of anilines is 1. The van der Waals surface area contributed by atoms with Crippen molar-refractivity contribution >= 4 is 23.5 Å². The van der Waals surface area contributed by atoms with E-state index < -0.39 is 0 Å². The molecule has 1 heterocycles. The molecule has 19 heavy (non-hydrogen) atoms. The smallest absolute Gasteiger partial charge is 0.321 e. The quantitative estimate of drug-likeness (QED) is 0.836. The summed E-state index contributed by atoms with van der Waals surface area (Å²) in [4.78, 5) is 15.1. The predicted molar refractivity (Wildman–Crippen MR) is 80.9 cm³/mol. The number of hydrogen-bond acceptors (Lipinski definition) is 3. The number of thioether (sulfide) groups is 1. The molecule has 1 aliphatic heterocycles. The van der Waals surface area contributed by atoms with Gasteiger partial charge in [0.25, 0.3) is 0 Å². The highest BCUT2D eigenvalue weighted by Crippen LogP contribution is 2.24. The van der Waals surface area contributed by atoms with Crippen LogP contribution < -0.4 is 10.6 Å². The third-order valence-electron chi connectivity index (χ3n) is 2.88. The van der Waals surface area contributed by atoms with Crippen LogP contribution in [0.25, 0.3) is 0 Å². The van der Waals surface area contributed by atoms with Crippen LogP contribution >= 0.6 is 11.8 Å². The molecule has 1 aromatic carbocycles. The van der Waals surface area contributed by atoms with E-state index in [1.165, 1.54) is 4.90 Å². The Hall–Kier alpha value is -1.20. The van der Waals surface area contributed by atoms with Gasteiger partial charge in [0, 0.05) is 42.0 Å². The van der Waals surface area contributed by atoms with Crippen LogP contribution in [0.4, 0.5) is 10.5 Å². The zero-order chi connectivity index (χ0) is 13.7. The first-order valence-corrected chi connectivity index (χ1v) is 7.56. The Morgan fingerprint density at radius 2 is 1.89 bits per heavy atom. The normalized spacial score (nSPS) is 15.6. The van der Waals surface area contributed by atoms with Crippen molar-refractivity contribution in [3.63, 3.8) is 0 Å². The van der Waals surface area contributed by atoms with Gasteiger partial charge in [-0.25, -0.2) is 4.79 Å². The Morgan fingerprint density at radius 1 is 1.26 bits per heavy atom. The van der Waals surface area contributed by atoms with Crippen LogP contribution in [-0.4, -0.2) is 42.4 Å². The second kappa shape index (κ2) is 6.82. The van der Waals surface area contributed by atoms with Gasteiger partial charge in [0.2, 0.25) is 0 Å². The maximum atomic E-state index is 12.0. The number of urea groups is 1. The molecular formula is C14H21N3OS. The molecule has 0 atom stereocenters. The summed E-state index contributed by atoms with van der Waals surface area (Å²) in [6.45, 7) is 7.63. The molecule has 1 fully saturated rings. The van der Waals surface area contributed by atoms with Crippen LogP contribution in [0.1, 0.15) is 13.8 Å². The average Bonchev–Trinajstić information content (AvgIpc) is 2.41. The van der Waals surface area contributed by atoms with Crippen molar-refractivity contribution < 1.29 is 4.79 Å². The molecule has 0 radical (unpaired) electrons. The second-order valence-electron chi connectivity index (χ2n) is 4.86. The van der Waals surface area contributed by atoms with Crippen molar-refractivity contribution in [2.24, 2.45) is 0 Å². The summed E-state index contributed by atoms with van der Waals surface area (Å²) in [6.07, 6.45) is 0. The van der Waals surface area contributed by atoms with Gasteiger partial charge >= 0.3 is 6.03 Å². The van der Waals surface area contributed by atoms with Gasteiger partial charge < -0.3 is 15.5 Å². The number of carbonyl (C=O) groups is 1. The molecule has 0 spiro atoms. The summed E-state index contributed by atoms with van der Waals surface area (Å²) >= 11 is 1.82. The zero-order valence-corrected chi connectivity index (χ0v) is 12.3. The highest BCUT2D eigenvalue weighted by Gasteiger charge is 2.15. The fourth-order valence-electron chi connectivity index (χ4n) is 1.96. The van der Waals surface area contributed by atoms with Crippen LogP contribution in [0.3, 0.4) is 0 Å². The van der Waals surface area contributed by atoms with E-state index in [1.54, 1.807) is 0 Å². The third-order valence-corrected chi connectivity index (χ3v) is 3.90. The number of piperazine rings is 1. The lowest BCUT2D eigenvalue weighted by Gasteiger charge is -2.27. The van der Waals surface area contributed by atoms with Crippen molar-refractivity contribution in [1.82, 2.24) is 10.2 Å². The number of benzene rings is 1. The summed E-state index contributed by atoms with van der Waals surface area (Å²) in [6, 6.07) is 8.02. The number of amides is 2. The molecule has 0 aromatic heterocycles. The highest BCUT2D eigenvalue weighted by atomic mass is 32.2. The van der Waals surface area contributed by atoms with Gasteiger partial charge in [-0.2, -0.15) is 0 Å². The van der Waals surface area contributed by atoms with E-state index in [0.717, 1.165) is 31.9 Å². The van der Waals surface area contributed by atoms with E-state index in [9.17, 15) is 4.79 Å². The number of hydrogen-bond donors (Lipinski definition) is 2. The van der Waals surface area contributed by atoms with E-state index in [2.05, 4.69) is 36.6 Å². The monoisotopic (exact) mass is 279 g/mol. The largest absolute Gasteiger partial charge is 0.322 e. The molecule has 1 aromatic rings. The van der Waals surface area contributed by atoms with Gasteiger partial charge in [-0.15, -0.1) is 11.8 Å². The molecule has 0 bridgehead atoms. The summed E-state index contributed by atoms with van der Waals surface area (Å²) < 4.78 is 0. The number of nitrogens with zero attached hydrogens (tertiary/aromatic N) is 1. The summed E-state index contributed by atoms with van der Waals surface area (Å²) in [5, 5.41) is 6.75. The van der Waals surface area contributed by atoms with E-state index in [1.807, 2.05) is 28.8 Å². The zero-order valence-electron chi connectivity index (χ0n) is 11.5. The van der Waals surface area contributed by atoms with E-state index in [-0.39, 0.29) is 6.03 Å². The summed E-state index contributed by atoms with van der Waals surface area (Å²) in [7, 11) is 0. The molecule has 0 saturated carbocycles. The Balaban J connectivity index is 1.89. The minimum atomic E-state index is -0.00855. The Bertz CT molecular complexity index is 413. The lowest BCUT2D eigenvalue weighted by molar-refractivity contribution is 0.204. The fraction of sp³-hybridized carbons (Fsp3) is 0.500. The summed E-state index contributed by atoms with van der Waals surface area (Å²) in [5.74, 6) is 0. The predicted octanol–water partition coefficient (Wildman–Crippen LogP) is 2.62. The molecule has 2 amide bonds. The summed E-state index contributed by atoms with van der Waals surface area (Å²) in [5.41, 5.74) is 0.858. The Labute approximate surface area is 118 Å². The van der Waals surface area contributed by atoms with Crippen LogP contribution in [0, 0.1) is 0 Å². The maximum absolute atomic E-state index is 12.0. The van der Waals surface area contributed by atoms with Crippen molar-refractivity contribution in [2.45, 2.75) is 24.0 Å². The first-order valence-electron chi connectivity index (χ1n) is 6.68. The second-order valence-corrected chi connectivity index (χ2v) is 6.51. The maximum Gasteiger partial charge on any atom is 0.321 e. The minimum absolute atomic E-state index is 0.00855. The van der Waals surface area contributed by atoms with Crippen LogP contribution in [0.15, 0.2) is 29.2 Å². The fourth-order valence-corrected chi connectivity index (χ4v) is 2.80. The number of carbonyl (C=O) groups excluding carboxylic acids is 1. The molecule has 0 unspecified atom stereocenters. The molecule has 2 rings (SSSR count). The molecule has 0 aliphatic carbocycles. The Kier molecular flexibility index (Phi) is 5.10. The number of nitrogens with one attached hydrogen (secondary N) is 2. The molecule has 1 aliphatic rings. The van der Waals surface area contributed by atoms with Crippen LogP contribution in [0.2, 0.25) is 0 Å². The van der Waals surface area contributed by atoms with Gasteiger partial charge in [0.15, 0.2) is 0 Å². The Morgan fingerprint density at radius 3 is 2.47 bits per heavy atom. The highest BCUT2D eigenvalue weighted by molar-refractivity contribution is 7.99. The van der Waals surface area contributed by atoms with E-state index in [4.69, 9.17) is 0 Å². The standard InChI is InChI=1S/C14H21N3OS/c1-11(2)19-13-5-3-12(4-6-13)16-14(18)17-9-7-15-8-10-17/h3-6,11,15H,7-10H2,1-2H3,(H,16,18). The van der Waals surface area contributed by atoms with Gasteiger partial charge in [-0.05, 0) is 24.3 Å². The van der Waals surface area contributed by atoms with Crippen molar-refractivity contribution in [3.05, 3.63) is 24.3 Å². The van der Waals surface area contributed by atoms with Gasteiger partial charge in [-0.3, -0.25) is 0 Å². The third kappa shape index (κ3) is 4.44. The lowest BCUT2D eigenvalue weighted by Crippen LogP contribution is -2.48. The van der Waals surface area contributed by atoms with Crippen LogP contribution in [-0.2, 0) is 0 Å². The van der Waals surface area contributed by atoms with E-state index in [0.29, 0.717) is 5.25 Å².